The molecule has 0 fully saturated rings. The zero-order valence-electron chi connectivity index (χ0n) is 16.6. The fraction of sp³-hybridized carbons (Fsp3) is 0.381. The molecule has 0 radical (unpaired) electrons. The molecule has 0 bridgehead atoms. The van der Waals surface area contributed by atoms with Gasteiger partial charge in [0.05, 0.1) is 5.75 Å². The number of rotatable bonds is 9. The van der Waals surface area contributed by atoms with Crippen LogP contribution in [-0.2, 0) is 17.8 Å². The smallest absolute Gasteiger partial charge is 0.230 e. The molecule has 7 heteroatoms. The van der Waals surface area contributed by atoms with Gasteiger partial charge >= 0.3 is 0 Å². The Hall–Kier alpha value is -2.12. The SMILES string of the molecule is CCCn1c(SCC(=O)NCCc2ccccc2)nnc1-c1csc(C)c1C. The van der Waals surface area contributed by atoms with Gasteiger partial charge in [-0.1, -0.05) is 49.0 Å². The molecule has 0 unspecified atom stereocenters. The van der Waals surface area contributed by atoms with E-state index in [-0.39, 0.29) is 5.91 Å². The molecule has 2 aromatic heterocycles. The number of nitrogens with one attached hydrogen (secondary N) is 1. The van der Waals surface area contributed by atoms with Crippen LogP contribution in [0, 0.1) is 13.8 Å². The first-order chi connectivity index (χ1) is 13.6. The van der Waals surface area contributed by atoms with Crippen LogP contribution in [0.3, 0.4) is 0 Å². The van der Waals surface area contributed by atoms with E-state index in [4.69, 9.17) is 0 Å². The van der Waals surface area contributed by atoms with Crippen molar-refractivity contribution in [1.82, 2.24) is 20.1 Å². The monoisotopic (exact) mass is 414 g/mol. The number of amides is 1. The minimum atomic E-state index is 0.0242. The van der Waals surface area contributed by atoms with Crippen molar-refractivity contribution >= 4 is 29.0 Å². The van der Waals surface area contributed by atoms with Crippen molar-refractivity contribution in [2.75, 3.05) is 12.3 Å². The number of aryl methyl sites for hydroxylation is 1. The van der Waals surface area contributed by atoms with Gasteiger partial charge in [0.15, 0.2) is 11.0 Å². The van der Waals surface area contributed by atoms with Gasteiger partial charge in [-0.3, -0.25) is 4.79 Å². The molecule has 0 spiro atoms. The number of thiophene rings is 1. The Kier molecular flexibility index (Phi) is 7.28. The zero-order valence-corrected chi connectivity index (χ0v) is 18.2. The quantitative estimate of drug-likeness (QED) is 0.524. The third kappa shape index (κ3) is 5.02. The summed E-state index contributed by atoms with van der Waals surface area (Å²) in [5.41, 5.74) is 3.62. The lowest BCUT2D eigenvalue weighted by atomic mass is 10.1. The first kappa shape index (κ1) is 20.6. The van der Waals surface area contributed by atoms with Crippen LogP contribution in [0.25, 0.3) is 11.4 Å². The second kappa shape index (κ2) is 9.89. The number of nitrogens with zero attached hydrogens (tertiary/aromatic N) is 3. The minimum Gasteiger partial charge on any atom is -0.355 e. The topological polar surface area (TPSA) is 59.8 Å². The molecule has 1 amide bonds. The first-order valence-corrected chi connectivity index (χ1v) is 11.4. The summed E-state index contributed by atoms with van der Waals surface area (Å²) >= 11 is 3.19. The average Bonchev–Trinajstić information content (AvgIpc) is 3.24. The van der Waals surface area contributed by atoms with Crippen molar-refractivity contribution in [1.29, 1.82) is 0 Å². The molecular formula is C21H26N4OS2. The number of benzene rings is 1. The van der Waals surface area contributed by atoms with E-state index in [2.05, 4.69) is 58.4 Å². The number of thioether (sulfide) groups is 1. The predicted octanol–water partition coefficient (Wildman–Crippen LogP) is 4.48. The summed E-state index contributed by atoms with van der Waals surface area (Å²) < 4.78 is 2.14. The standard InChI is InChI=1S/C21H26N4OS2/c1-4-12-25-20(18-13-27-16(3)15(18)2)23-24-21(25)28-14-19(26)22-11-10-17-8-6-5-7-9-17/h5-9,13H,4,10-12,14H2,1-3H3,(H,22,26). The summed E-state index contributed by atoms with van der Waals surface area (Å²) in [6, 6.07) is 10.2. The third-order valence-electron chi connectivity index (χ3n) is 4.60. The minimum absolute atomic E-state index is 0.0242. The number of carbonyl (C=O) groups excluding carboxylic acids is 1. The molecule has 0 atom stereocenters. The fourth-order valence-electron chi connectivity index (χ4n) is 2.93. The molecule has 0 aliphatic carbocycles. The molecule has 0 saturated heterocycles. The van der Waals surface area contributed by atoms with Gasteiger partial charge in [-0.15, -0.1) is 21.5 Å². The Labute approximate surface area is 174 Å². The molecular weight excluding hydrogens is 388 g/mol. The molecule has 28 heavy (non-hydrogen) atoms. The van der Waals surface area contributed by atoms with Crippen molar-refractivity contribution in [3.8, 4) is 11.4 Å². The van der Waals surface area contributed by atoms with E-state index in [1.807, 2.05) is 18.2 Å². The second-order valence-electron chi connectivity index (χ2n) is 6.66. The largest absolute Gasteiger partial charge is 0.355 e. The molecule has 0 saturated carbocycles. The summed E-state index contributed by atoms with van der Waals surface area (Å²) in [6.45, 7) is 7.87. The highest BCUT2D eigenvalue weighted by atomic mass is 32.2. The van der Waals surface area contributed by atoms with Crippen LogP contribution in [0.15, 0.2) is 40.9 Å². The second-order valence-corrected chi connectivity index (χ2v) is 8.69. The van der Waals surface area contributed by atoms with Gasteiger partial charge in [-0.05, 0) is 37.8 Å². The maximum absolute atomic E-state index is 12.2. The lowest BCUT2D eigenvalue weighted by Crippen LogP contribution is -2.27. The number of hydrogen-bond donors (Lipinski definition) is 1. The zero-order chi connectivity index (χ0) is 19.9. The Morgan fingerprint density at radius 2 is 2.00 bits per heavy atom. The van der Waals surface area contributed by atoms with Crippen molar-refractivity contribution < 1.29 is 4.79 Å². The van der Waals surface area contributed by atoms with Crippen LogP contribution in [0.1, 0.15) is 29.3 Å². The third-order valence-corrected chi connectivity index (χ3v) is 6.58. The molecule has 148 valence electrons. The van der Waals surface area contributed by atoms with Crippen molar-refractivity contribution in [3.05, 3.63) is 51.7 Å². The van der Waals surface area contributed by atoms with E-state index in [0.29, 0.717) is 12.3 Å². The summed E-state index contributed by atoms with van der Waals surface area (Å²) in [7, 11) is 0. The van der Waals surface area contributed by atoms with E-state index in [0.717, 1.165) is 35.9 Å². The predicted molar refractivity (Wildman–Crippen MR) is 117 cm³/mol. The highest BCUT2D eigenvalue weighted by Crippen LogP contribution is 2.31. The molecule has 1 N–H and O–H groups in total. The highest BCUT2D eigenvalue weighted by Gasteiger charge is 2.18. The van der Waals surface area contributed by atoms with Crippen molar-refractivity contribution in [3.63, 3.8) is 0 Å². The van der Waals surface area contributed by atoms with Gasteiger partial charge in [0.2, 0.25) is 5.91 Å². The molecule has 1 aromatic carbocycles. The van der Waals surface area contributed by atoms with Gasteiger partial charge in [0.25, 0.3) is 0 Å². The summed E-state index contributed by atoms with van der Waals surface area (Å²) in [5.74, 6) is 1.27. The van der Waals surface area contributed by atoms with E-state index >= 15 is 0 Å². The molecule has 5 nitrogen and oxygen atoms in total. The summed E-state index contributed by atoms with van der Waals surface area (Å²) in [5, 5.41) is 14.7. The van der Waals surface area contributed by atoms with Crippen molar-refractivity contribution in [2.45, 2.75) is 45.3 Å². The van der Waals surface area contributed by atoms with E-state index in [1.54, 1.807) is 11.3 Å². The maximum atomic E-state index is 12.2. The molecule has 0 aliphatic rings. The van der Waals surface area contributed by atoms with Gasteiger partial charge in [-0.2, -0.15) is 0 Å². The van der Waals surface area contributed by atoms with Crippen molar-refractivity contribution in [2.24, 2.45) is 0 Å². The number of carbonyl (C=O) groups is 1. The number of aromatic nitrogens is 3. The fourth-order valence-corrected chi connectivity index (χ4v) is 4.58. The molecule has 3 aromatic rings. The number of hydrogen-bond acceptors (Lipinski definition) is 5. The van der Waals surface area contributed by atoms with E-state index in [9.17, 15) is 4.79 Å². The van der Waals surface area contributed by atoms with Crippen LogP contribution in [-0.4, -0.2) is 33.0 Å². The van der Waals surface area contributed by atoms with Gasteiger partial charge < -0.3 is 9.88 Å². The molecule has 2 heterocycles. The lowest BCUT2D eigenvalue weighted by Gasteiger charge is -2.09. The van der Waals surface area contributed by atoms with Crippen LogP contribution >= 0.6 is 23.1 Å². The van der Waals surface area contributed by atoms with Crippen LogP contribution < -0.4 is 5.32 Å². The van der Waals surface area contributed by atoms with Crippen LogP contribution in [0.5, 0.6) is 0 Å². The van der Waals surface area contributed by atoms with Crippen LogP contribution in [0.2, 0.25) is 0 Å². The van der Waals surface area contributed by atoms with Gasteiger partial charge in [0.1, 0.15) is 0 Å². The molecule has 3 rings (SSSR count). The Bertz CT molecular complexity index is 918. The van der Waals surface area contributed by atoms with Crippen LogP contribution in [0.4, 0.5) is 0 Å². The van der Waals surface area contributed by atoms with Gasteiger partial charge in [0, 0.05) is 28.9 Å². The first-order valence-electron chi connectivity index (χ1n) is 9.51. The Morgan fingerprint density at radius 1 is 1.21 bits per heavy atom. The summed E-state index contributed by atoms with van der Waals surface area (Å²) in [6.07, 6.45) is 1.83. The normalized spacial score (nSPS) is 11.0. The average molecular weight is 415 g/mol. The van der Waals surface area contributed by atoms with Gasteiger partial charge in [-0.25, -0.2) is 0 Å². The Morgan fingerprint density at radius 3 is 2.68 bits per heavy atom. The Balaban J connectivity index is 1.59. The van der Waals surface area contributed by atoms with E-state index in [1.165, 1.54) is 27.8 Å². The summed E-state index contributed by atoms with van der Waals surface area (Å²) in [4.78, 5) is 13.5. The van der Waals surface area contributed by atoms with E-state index < -0.39 is 0 Å². The lowest BCUT2D eigenvalue weighted by molar-refractivity contribution is -0.118. The highest BCUT2D eigenvalue weighted by molar-refractivity contribution is 7.99. The maximum Gasteiger partial charge on any atom is 0.230 e. The molecule has 0 aliphatic heterocycles.